The minimum atomic E-state index is -0.0769. The maximum atomic E-state index is 12.5. The molecule has 0 spiro atoms. The summed E-state index contributed by atoms with van der Waals surface area (Å²) in [5, 5.41) is 2.66. The molecule has 1 aromatic heterocycles. The van der Waals surface area contributed by atoms with Gasteiger partial charge in [-0.15, -0.1) is 0 Å². The van der Waals surface area contributed by atoms with Crippen LogP contribution in [0.5, 0.6) is 0 Å². The molecule has 0 aliphatic carbocycles. The molecule has 1 saturated heterocycles. The molecule has 1 amide bonds. The number of carbonyl (C=O) groups excluding carboxylic acids is 1. The topological polar surface area (TPSA) is 81.3 Å². The molecule has 0 atom stereocenters. The third-order valence-electron chi connectivity index (χ3n) is 5.32. The Labute approximate surface area is 171 Å². The average molecular weight is 396 g/mol. The molecule has 3 rings (SSSR count). The number of aryl methyl sites for hydroxylation is 1. The number of H-pyrrole nitrogens is 1. The molecule has 7 heteroatoms. The van der Waals surface area contributed by atoms with E-state index in [1.54, 1.807) is 7.05 Å². The summed E-state index contributed by atoms with van der Waals surface area (Å²) in [5.41, 5.74) is 4.29. The van der Waals surface area contributed by atoms with E-state index in [0.29, 0.717) is 17.9 Å². The summed E-state index contributed by atoms with van der Waals surface area (Å²) in [4.78, 5) is 36.4. The second kappa shape index (κ2) is 8.94. The molecular formula is C22H29N5O2. The molecular weight excluding hydrogens is 366 g/mol. The van der Waals surface area contributed by atoms with Crippen LogP contribution in [0.25, 0.3) is 6.08 Å². The first-order valence-corrected chi connectivity index (χ1v) is 10.1. The van der Waals surface area contributed by atoms with E-state index >= 15 is 0 Å². The zero-order valence-corrected chi connectivity index (χ0v) is 17.6. The summed E-state index contributed by atoms with van der Waals surface area (Å²) in [6.45, 7) is 9.09. The fraction of sp³-hybridized carbons (Fsp3) is 0.409. The molecule has 1 aliphatic heterocycles. The van der Waals surface area contributed by atoms with Gasteiger partial charge in [0.05, 0.1) is 5.69 Å². The summed E-state index contributed by atoms with van der Waals surface area (Å²) in [7, 11) is 1.64. The molecule has 0 unspecified atom stereocenters. The lowest BCUT2D eigenvalue weighted by Gasteiger charge is -2.37. The summed E-state index contributed by atoms with van der Waals surface area (Å²) >= 11 is 0. The summed E-state index contributed by atoms with van der Waals surface area (Å²) in [6.07, 6.45) is 4.46. The van der Waals surface area contributed by atoms with Crippen LogP contribution in [-0.4, -0.2) is 49.1 Å². The molecule has 1 aromatic carbocycles. The van der Waals surface area contributed by atoms with Crippen LogP contribution in [0.2, 0.25) is 0 Å². The Balaban J connectivity index is 1.76. The van der Waals surface area contributed by atoms with Gasteiger partial charge in [0.15, 0.2) is 0 Å². The highest BCUT2D eigenvalue weighted by atomic mass is 16.1. The van der Waals surface area contributed by atoms with Crippen molar-refractivity contribution in [1.29, 1.82) is 0 Å². The van der Waals surface area contributed by atoms with Crippen molar-refractivity contribution in [1.82, 2.24) is 15.3 Å². The fourth-order valence-electron chi connectivity index (χ4n) is 3.75. The number of hydrogen-bond acceptors (Lipinski definition) is 5. The van der Waals surface area contributed by atoms with Gasteiger partial charge in [-0.1, -0.05) is 13.0 Å². The number of nitrogens with one attached hydrogen (secondary N) is 2. The lowest BCUT2D eigenvalue weighted by atomic mass is 10.1. The highest BCUT2D eigenvalue weighted by Crippen LogP contribution is 2.24. The van der Waals surface area contributed by atoms with Crippen LogP contribution < -0.4 is 20.7 Å². The third kappa shape index (κ3) is 4.34. The molecule has 7 nitrogen and oxygen atoms in total. The zero-order chi connectivity index (χ0) is 21.0. The Morgan fingerprint density at radius 3 is 2.52 bits per heavy atom. The number of hydrogen-bond donors (Lipinski definition) is 2. The predicted molar refractivity (Wildman–Crippen MR) is 118 cm³/mol. The van der Waals surface area contributed by atoms with Gasteiger partial charge in [-0.3, -0.25) is 14.6 Å². The van der Waals surface area contributed by atoms with Crippen LogP contribution in [0, 0.1) is 6.92 Å². The molecule has 2 N–H and O–H groups in total. The largest absolute Gasteiger partial charge is 0.368 e. The van der Waals surface area contributed by atoms with E-state index in [-0.39, 0.29) is 11.5 Å². The van der Waals surface area contributed by atoms with Gasteiger partial charge in [0.1, 0.15) is 0 Å². The number of aromatic amines is 1. The maximum absolute atomic E-state index is 12.5. The third-order valence-corrected chi connectivity index (χ3v) is 5.32. The van der Waals surface area contributed by atoms with Gasteiger partial charge in [-0.25, -0.2) is 4.98 Å². The van der Waals surface area contributed by atoms with Crippen molar-refractivity contribution in [2.45, 2.75) is 27.2 Å². The molecule has 1 fully saturated rings. The number of piperazine rings is 1. The zero-order valence-electron chi connectivity index (χ0n) is 17.6. The highest BCUT2D eigenvalue weighted by molar-refractivity contribution is 5.94. The van der Waals surface area contributed by atoms with Crippen molar-refractivity contribution < 1.29 is 4.79 Å². The first-order valence-electron chi connectivity index (χ1n) is 10.1. The number of carbonyl (C=O) groups is 1. The van der Waals surface area contributed by atoms with Crippen molar-refractivity contribution in [2.75, 3.05) is 43.0 Å². The number of amides is 1. The van der Waals surface area contributed by atoms with E-state index in [0.717, 1.165) is 48.7 Å². The molecule has 29 heavy (non-hydrogen) atoms. The van der Waals surface area contributed by atoms with Gasteiger partial charge in [0, 0.05) is 50.0 Å². The van der Waals surface area contributed by atoms with E-state index in [9.17, 15) is 9.59 Å². The van der Waals surface area contributed by atoms with Crippen molar-refractivity contribution in [3.05, 3.63) is 57.0 Å². The number of rotatable bonds is 5. The quantitative estimate of drug-likeness (QED) is 0.812. The monoisotopic (exact) mass is 395 g/mol. The van der Waals surface area contributed by atoms with Crippen molar-refractivity contribution in [3.8, 4) is 0 Å². The Bertz CT molecular complexity index is 972. The molecule has 0 bridgehead atoms. The minimum absolute atomic E-state index is 0.0614. The van der Waals surface area contributed by atoms with E-state index in [1.165, 1.54) is 0 Å². The van der Waals surface area contributed by atoms with E-state index in [1.807, 2.05) is 51.1 Å². The molecule has 154 valence electrons. The van der Waals surface area contributed by atoms with Crippen LogP contribution in [0.15, 0.2) is 29.1 Å². The number of anilines is 2. The highest BCUT2D eigenvalue weighted by Gasteiger charge is 2.21. The van der Waals surface area contributed by atoms with E-state index in [2.05, 4.69) is 20.1 Å². The molecule has 1 aliphatic rings. The number of nitrogens with zero attached hydrogens (tertiary/aromatic N) is 3. The second-order valence-electron chi connectivity index (χ2n) is 7.16. The standard InChI is InChI=1S/C22H29N5O2/c1-5-7-18-17(6-2)21(29)25-22(24-18)27-12-10-26(11-13-27)19-9-8-16(14-15(19)3)20(28)23-4/h5,7-9,14H,6,10-13H2,1-4H3,(H,23,28)(H,24,25,29)/b7-5-. The first-order chi connectivity index (χ1) is 14.0. The van der Waals surface area contributed by atoms with Gasteiger partial charge in [-0.2, -0.15) is 0 Å². The molecule has 0 radical (unpaired) electrons. The van der Waals surface area contributed by atoms with Crippen LogP contribution >= 0.6 is 0 Å². The van der Waals surface area contributed by atoms with E-state index in [4.69, 9.17) is 4.98 Å². The molecule has 0 saturated carbocycles. The van der Waals surface area contributed by atoms with Gasteiger partial charge in [0.25, 0.3) is 11.5 Å². The van der Waals surface area contributed by atoms with Crippen LogP contribution in [-0.2, 0) is 6.42 Å². The van der Waals surface area contributed by atoms with Crippen LogP contribution in [0.1, 0.15) is 41.0 Å². The maximum Gasteiger partial charge on any atom is 0.256 e. The number of benzene rings is 1. The Morgan fingerprint density at radius 1 is 1.24 bits per heavy atom. The normalized spacial score (nSPS) is 14.5. The SMILES string of the molecule is C/C=C\c1nc(N2CCN(c3ccc(C(=O)NC)cc3C)CC2)[nH]c(=O)c1CC. The summed E-state index contributed by atoms with van der Waals surface area (Å²) in [6, 6.07) is 5.79. The lowest BCUT2D eigenvalue weighted by molar-refractivity contribution is 0.0963. The van der Waals surface area contributed by atoms with Crippen molar-refractivity contribution in [2.24, 2.45) is 0 Å². The van der Waals surface area contributed by atoms with Crippen molar-refractivity contribution in [3.63, 3.8) is 0 Å². The summed E-state index contributed by atoms with van der Waals surface area (Å²) in [5.74, 6) is 0.554. The Morgan fingerprint density at radius 2 is 1.93 bits per heavy atom. The Kier molecular flexibility index (Phi) is 6.36. The van der Waals surface area contributed by atoms with Crippen LogP contribution in [0.4, 0.5) is 11.6 Å². The van der Waals surface area contributed by atoms with Gasteiger partial charge < -0.3 is 15.1 Å². The average Bonchev–Trinajstić information content (AvgIpc) is 2.73. The molecule has 2 aromatic rings. The smallest absolute Gasteiger partial charge is 0.256 e. The summed E-state index contributed by atoms with van der Waals surface area (Å²) < 4.78 is 0. The minimum Gasteiger partial charge on any atom is -0.368 e. The second-order valence-corrected chi connectivity index (χ2v) is 7.16. The molecule has 2 heterocycles. The lowest BCUT2D eigenvalue weighted by Crippen LogP contribution is -2.47. The van der Waals surface area contributed by atoms with E-state index < -0.39 is 0 Å². The number of allylic oxidation sites excluding steroid dienone is 1. The Hall–Kier alpha value is -3.09. The van der Waals surface area contributed by atoms with Crippen molar-refractivity contribution >= 4 is 23.6 Å². The first kappa shape index (κ1) is 20.6. The number of aromatic nitrogens is 2. The van der Waals surface area contributed by atoms with Gasteiger partial charge >= 0.3 is 0 Å². The van der Waals surface area contributed by atoms with Gasteiger partial charge in [0.2, 0.25) is 5.95 Å². The van der Waals surface area contributed by atoms with Crippen LogP contribution in [0.3, 0.4) is 0 Å². The fourth-order valence-corrected chi connectivity index (χ4v) is 3.75. The van der Waals surface area contributed by atoms with Gasteiger partial charge in [-0.05, 0) is 50.1 Å². The predicted octanol–water partition coefficient (Wildman–Crippen LogP) is 2.36.